The van der Waals surface area contributed by atoms with Gasteiger partial charge in [-0.1, -0.05) is 105 Å². The first-order valence-electron chi connectivity index (χ1n) is 17.3. The van der Waals surface area contributed by atoms with Crippen molar-refractivity contribution < 1.29 is 39.2 Å². The van der Waals surface area contributed by atoms with E-state index >= 15 is 0 Å². The highest BCUT2D eigenvalue weighted by molar-refractivity contribution is 5.90. The summed E-state index contributed by atoms with van der Waals surface area (Å²) < 4.78 is 11.9. The number of benzene rings is 3. The third-order valence-electron chi connectivity index (χ3n) is 8.95. The highest BCUT2D eigenvalue weighted by atomic mass is 16.5. The van der Waals surface area contributed by atoms with Crippen molar-refractivity contribution in [1.82, 2.24) is 20.9 Å². The van der Waals surface area contributed by atoms with Gasteiger partial charge in [-0.2, -0.15) is 0 Å². The number of carbonyl (C=O) groups is 3. The summed E-state index contributed by atoms with van der Waals surface area (Å²) in [4.78, 5) is 45.4. The number of hydrogen-bond donors (Lipinski definition) is 6. The van der Waals surface area contributed by atoms with E-state index in [1.54, 1.807) is 98.9 Å². The molecule has 6 N–H and O–H groups in total. The average Bonchev–Trinajstić information content (AvgIpc) is 3.47. The second-order valence-corrected chi connectivity index (χ2v) is 13.1. The molecule has 4 aromatic rings. The summed E-state index contributed by atoms with van der Waals surface area (Å²) in [5.74, 6) is -2.54. The molecule has 1 aliphatic carbocycles. The molecule has 0 saturated heterocycles. The summed E-state index contributed by atoms with van der Waals surface area (Å²) in [6.45, 7) is 3.39. The summed E-state index contributed by atoms with van der Waals surface area (Å²) in [5, 5.41) is 42.5. The van der Waals surface area contributed by atoms with Crippen LogP contribution in [0.3, 0.4) is 0 Å². The van der Waals surface area contributed by atoms with Gasteiger partial charge in [0.05, 0.1) is 37.6 Å². The largest absolute Gasteiger partial charge is 0.390 e. The molecule has 1 aromatic heterocycles. The number of aliphatic hydroxyl groups is 3. The zero-order valence-corrected chi connectivity index (χ0v) is 29.2. The minimum absolute atomic E-state index is 0.111. The second kappa shape index (κ2) is 18.5. The molecule has 5 rings (SSSR count). The lowest BCUT2D eigenvalue weighted by atomic mass is 9.98. The first kappa shape index (κ1) is 38.3. The third-order valence-corrected chi connectivity index (χ3v) is 8.95. The van der Waals surface area contributed by atoms with Crippen LogP contribution in [0.25, 0.3) is 0 Å². The van der Waals surface area contributed by atoms with Crippen LogP contribution in [0, 0.1) is 5.92 Å². The standard InChI is InChI=1S/C40H46N4O8/c1-25(2)32(38(48)42-22-29-18-11-12-20-41-29)43-39(49)36(51-23-26-13-5-3-6-14-26)34(46)35(47)37(52-24-27-15-7-4-8-16-27)40(50)44-33-30-19-10-9-17-28(30)21-31(33)45/h3-20,25,31-37,45-47H,21-24H2,1-2H3,(H,42,48)(H,43,49)(H,44,50)/t31?,32-,33?,34+,35+,36+,37+/m0/s1. The molecule has 0 saturated carbocycles. The minimum Gasteiger partial charge on any atom is -0.390 e. The lowest BCUT2D eigenvalue weighted by Gasteiger charge is -2.32. The maximum atomic E-state index is 14.0. The topological polar surface area (TPSA) is 179 Å². The van der Waals surface area contributed by atoms with Gasteiger partial charge < -0.3 is 40.7 Å². The Labute approximate surface area is 303 Å². The van der Waals surface area contributed by atoms with E-state index < -0.39 is 60.3 Å². The van der Waals surface area contributed by atoms with Crippen molar-refractivity contribution >= 4 is 17.7 Å². The Balaban J connectivity index is 1.37. The Kier molecular flexibility index (Phi) is 13.6. The molecule has 274 valence electrons. The number of ether oxygens (including phenoxy) is 2. The van der Waals surface area contributed by atoms with E-state index in [9.17, 15) is 29.7 Å². The lowest BCUT2D eigenvalue weighted by molar-refractivity contribution is -0.171. The summed E-state index contributed by atoms with van der Waals surface area (Å²) in [6.07, 6.45) is -6.43. The van der Waals surface area contributed by atoms with Crippen LogP contribution >= 0.6 is 0 Å². The van der Waals surface area contributed by atoms with Crippen molar-refractivity contribution in [1.29, 1.82) is 0 Å². The molecule has 2 unspecified atom stereocenters. The number of fused-ring (bicyclic) bond motifs is 1. The molecular formula is C40H46N4O8. The van der Waals surface area contributed by atoms with E-state index in [1.807, 2.05) is 24.3 Å². The zero-order valence-electron chi connectivity index (χ0n) is 29.2. The highest BCUT2D eigenvalue weighted by Crippen LogP contribution is 2.31. The molecule has 0 radical (unpaired) electrons. The minimum atomic E-state index is -2.00. The van der Waals surface area contributed by atoms with Crippen molar-refractivity contribution in [3.63, 3.8) is 0 Å². The SMILES string of the molecule is CC(C)[C@H](NC(=O)[C@H](OCc1ccccc1)[C@H](O)[C@@H](O)[C@@H](OCc1ccccc1)C(=O)NC1c2ccccc2CC1O)C(=O)NCc1ccccn1. The molecule has 12 nitrogen and oxygen atoms in total. The van der Waals surface area contributed by atoms with Crippen LogP contribution < -0.4 is 16.0 Å². The van der Waals surface area contributed by atoms with Crippen molar-refractivity contribution in [2.45, 2.75) is 82.6 Å². The maximum Gasteiger partial charge on any atom is 0.252 e. The van der Waals surface area contributed by atoms with Crippen LogP contribution in [0.4, 0.5) is 0 Å². The van der Waals surface area contributed by atoms with Crippen molar-refractivity contribution in [2.75, 3.05) is 0 Å². The zero-order chi connectivity index (χ0) is 37.0. The molecule has 0 aliphatic heterocycles. The van der Waals surface area contributed by atoms with Crippen LogP contribution in [0.1, 0.15) is 47.8 Å². The Morgan fingerprint density at radius 2 is 1.31 bits per heavy atom. The number of amides is 3. The fourth-order valence-electron chi connectivity index (χ4n) is 6.08. The molecule has 52 heavy (non-hydrogen) atoms. The second-order valence-electron chi connectivity index (χ2n) is 13.1. The van der Waals surface area contributed by atoms with Gasteiger partial charge in [-0.3, -0.25) is 19.4 Å². The number of aromatic nitrogens is 1. The number of rotatable bonds is 17. The molecule has 3 aromatic carbocycles. The summed E-state index contributed by atoms with van der Waals surface area (Å²) >= 11 is 0. The highest BCUT2D eigenvalue weighted by Gasteiger charge is 2.43. The summed E-state index contributed by atoms with van der Waals surface area (Å²) in [5.41, 5.74) is 3.60. The number of carbonyl (C=O) groups excluding carboxylic acids is 3. The van der Waals surface area contributed by atoms with Gasteiger partial charge >= 0.3 is 0 Å². The quantitative estimate of drug-likeness (QED) is 0.0961. The molecule has 0 fully saturated rings. The van der Waals surface area contributed by atoms with Gasteiger partial charge in [0, 0.05) is 12.6 Å². The van der Waals surface area contributed by atoms with Gasteiger partial charge in [-0.15, -0.1) is 0 Å². The summed E-state index contributed by atoms with van der Waals surface area (Å²) in [7, 11) is 0. The van der Waals surface area contributed by atoms with Gasteiger partial charge in [-0.25, -0.2) is 0 Å². The van der Waals surface area contributed by atoms with E-state index in [0.717, 1.165) is 11.1 Å². The van der Waals surface area contributed by atoms with Crippen molar-refractivity contribution in [2.24, 2.45) is 5.92 Å². The third kappa shape index (κ3) is 10.1. The summed E-state index contributed by atoms with van der Waals surface area (Å²) in [6, 6.07) is 28.7. The van der Waals surface area contributed by atoms with E-state index in [-0.39, 0.29) is 25.7 Å². The molecule has 1 heterocycles. The van der Waals surface area contributed by atoms with E-state index in [2.05, 4.69) is 20.9 Å². The van der Waals surface area contributed by atoms with Crippen LogP contribution in [-0.4, -0.2) is 74.6 Å². The normalized spacial score (nSPS) is 18.0. The molecule has 0 spiro atoms. The number of pyridine rings is 1. The van der Waals surface area contributed by atoms with Gasteiger partial charge in [0.1, 0.15) is 18.2 Å². The van der Waals surface area contributed by atoms with E-state index in [0.29, 0.717) is 23.2 Å². The molecule has 0 bridgehead atoms. The van der Waals surface area contributed by atoms with Gasteiger partial charge in [0.2, 0.25) is 5.91 Å². The number of hydrogen-bond acceptors (Lipinski definition) is 9. The molecule has 3 amide bonds. The van der Waals surface area contributed by atoms with Crippen LogP contribution in [0.5, 0.6) is 0 Å². The molecule has 7 atom stereocenters. The Morgan fingerprint density at radius 1 is 0.750 bits per heavy atom. The van der Waals surface area contributed by atoms with Gasteiger partial charge in [0.25, 0.3) is 11.8 Å². The van der Waals surface area contributed by atoms with Gasteiger partial charge in [0.15, 0.2) is 12.2 Å². The Bertz CT molecular complexity index is 1740. The van der Waals surface area contributed by atoms with Gasteiger partial charge in [-0.05, 0) is 40.3 Å². The number of aliphatic hydroxyl groups excluding tert-OH is 3. The smallest absolute Gasteiger partial charge is 0.252 e. The predicted molar refractivity (Wildman–Crippen MR) is 192 cm³/mol. The van der Waals surface area contributed by atoms with E-state index in [4.69, 9.17) is 9.47 Å². The first-order valence-corrected chi connectivity index (χ1v) is 17.3. The van der Waals surface area contributed by atoms with Crippen LogP contribution in [0.2, 0.25) is 0 Å². The Morgan fingerprint density at radius 3 is 1.88 bits per heavy atom. The Hall–Kier alpha value is -4.98. The molecule has 12 heteroatoms. The van der Waals surface area contributed by atoms with Crippen LogP contribution in [0.15, 0.2) is 109 Å². The number of nitrogens with zero attached hydrogens (tertiary/aromatic N) is 1. The average molecular weight is 711 g/mol. The first-order chi connectivity index (χ1) is 25.1. The van der Waals surface area contributed by atoms with E-state index in [1.165, 1.54) is 0 Å². The van der Waals surface area contributed by atoms with Crippen molar-refractivity contribution in [3.05, 3.63) is 137 Å². The van der Waals surface area contributed by atoms with Crippen molar-refractivity contribution in [3.8, 4) is 0 Å². The monoisotopic (exact) mass is 710 g/mol. The maximum absolute atomic E-state index is 14.0. The van der Waals surface area contributed by atoms with Crippen LogP contribution in [-0.2, 0) is 50.0 Å². The number of nitrogens with one attached hydrogen (secondary N) is 3. The lowest BCUT2D eigenvalue weighted by Crippen LogP contribution is -2.59. The molecular weight excluding hydrogens is 664 g/mol. The fraction of sp³-hybridized carbons (Fsp3) is 0.350. The fourth-order valence-corrected chi connectivity index (χ4v) is 6.08. The molecule has 1 aliphatic rings. The predicted octanol–water partition coefficient (Wildman–Crippen LogP) is 2.51.